The van der Waals surface area contributed by atoms with E-state index in [1.165, 1.54) is 5.56 Å². The van der Waals surface area contributed by atoms with Crippen LogP contribution in [0.15, 0.2) is 67.0 Å². The first-order chi connectivity index (χ1) is 16.5. The first kappa shape index (κ1) is 23.3. The van der Waals surface area contributed by atoms with E-state index in [1.54, 1.807) is 18.3 Å². The number of aromatic nitrogens is 1. The van der Waals surface area contributed by atoms with Crippen LogP contribution in [0.2, 0.25) is 0 Å². The number of carbonyl (C=O) groups excluding carboxylic acids is 2. The molecule has 0 aliphatic carbocycles. The lowest BCUT2D eigenvalue weighted by molar-refractivity contribution is 0.0711. The molecule has 0 bridgehead atoms. The number of primary amides is 1. The fourth-order valence-electron chi connectivity index (χ4n) is 4.57. The standard InChI is InChI=1S/C27H29N3O4/c28-27(33)34-18-22-7-4-8-24(31)25(22)21-11-13-30(14-12-21)26(32)23-15-20(16-29-17-23)10-9-19-5-2-1-3-6-19/h1-8,15-17,21,31H,9-14,18H2,(H2,28,33). The van der Waals surface area contributed by atoms with E-state index < -0.39 is 6.09 Å². The van der Waals surface area contributed by atoms with Gasteiger partial charge in [0.1, 0.15) is 12.4 Å². The molecule has 1 aromatic heterocycles. The van der Waals surface area contributed by atoms with Crippen LogP contribution in [0.25, 0.3) is 0 Å². The van der Waals surface area contributed by atoms with Crippen molar-refractivity contribution >= 4 is 12.0 Å². The van der Waals surface area contributed by atoms with E-state index in [1.807, 2.05) is 41.4 Å². The normalized spacial score (nSPS) is 14.1. The van der Waals surface area contributed by atoms with Gasteiger partial charge in [-0.25, -0.2) is 4.79 Å². The van der Waals surface area contributed by atoms with Crippen molar-refractivity contribution in [1.29, 1.82) is 0 Å². The molecule has 2 aromatic carbocycles. The third-order valence-corrected chi connectivity index (χ3v) is 6.32. The molecule has 0 radical (unpaired) electrons. The molecule has 34 heavy (non-hydrogen) atoms. The number of nitrogens with two attached hydrogens (primary N) is 1. The van der Waals surface area contributed by atoms with Gasteiger partial charge in [0.15, 0.2) is 0 Å². The third kappa shape index (κ3) is 5.73. The number of likely N-dealkylation sites (tertiary alicyclic amines) is 1. The maximum Gasteiger partial charge on any atom is 0.404 e. The molecule has 176 valence electrons. The van der Waals surface area contributed by atoms with Gasteiger partial charge in [0.05, 0.1) is 5.56 Å². The second kappa shape index (κ2) is 10.8. The maximum atomic E-state index is 13.1. The number of aryl methyl sites for hydroxylation is 2. The molecule has 1 aliphatic rings. The zero-order chi connectivity index (χ0) is 23.9. The fourth-order valence-corrected chi connectivity index (χ4v) is 4.57. The monoisotopic (exact) mass is 459 g/mol. The van der Waals surface area contributed by atoms with Gasteiger partial charge in [-0.15, -0.1) is 0 Å². The topological polar surface area (TPSA) is 106 Å². The lowest BCUT2D eigenvalue weighted by Crippen LogP contribution is -2.38. The number of rotatable bonds is 7. The van der Waals surface area contributed by atoms with Gasteiger partial charge in [0.25, 0.3) is 5.91 Å². The van der Waals surface area contributed by atoms with Gasteiger partial charge in [0.2, 0.25) is 0 Å². The van der Waals surface area contributed by atoms with Crippen molar-refractivity contribution in [3.05, 3.63) is 94.8 Å². The molecule has 3 N–H and O–H groups in total. The molecule has 0 spiro atoms. The predicted molar refractivity (Wildman–Crippen MR) is 128 cm³/mol. The number of carbonyl (C=O) groups is 2. The highest BCUT2D eigenvalue weighted by atomic mass is 16.5. The lowest BCUT2D eigenvalue weighted by Gasteiger charge is -2.33. The first-order valence-corrected chi connectivity index (χ1v) is 11.5. The molecule has 1 saturated heterocycles. The van der Waals surface area contributed by atoms with Crippen LogP contribution < -0.4 is 5.73 Å². The Bertz CT molecular complexity index is 1140. The number of phenolic OH excluding ortho intramolecular Hbond substituents is 1. The number of benzene rings is 2. The molecule has 2 amide bonds. The van der Waals surface area contributed by atoms with E-state index in [0.29, 0.717) is 31.5 Å². The lowest BCUT2D eigenvalue weighted by atomic mass is 9.85. The Morgan fingerprint density at radius 1 is 1.00 bits per heavy atom. The fraction of sp³-hybridized carbons (Fsp3) is 0.296. The number of amides is 2. The first-order valence-electron chi connectivity index (χ1n) is 11.5. The Balaban J connectivity index is 1.38. The van der Waals surface area contributed by atoms with Crippen LogP contribution in [-0.2, 0) is 24.2 Å². The van der Waals surface area contributed by atoms with Gasteiger partial charge in [-0.1, -0.05) is 42.5 Å². The van der Waals surface area contributed by atoms with Gasteiger partial charge < -0.3 is 20.5 Å². The highest BCUT2D eigenvalue weighted by Gasteiger charge is 2.28. The van der Waals surface area contributed by atoms with Crippen LogP contribution >= 0.6 is 0 Å². The molecule has 1 aliphatic heterocycles. The Morgan fingerprint density at radius 2 is 1.74 bits per heavy atom. The number of nitrogens with zero attached hydrogens (tertiary/aromatic N) is 2. The average Bonchev–Trinajstić information content (AvgIpc) is 2.87. The molecule has 3 aromatic rings. The molecular weight excluding hydrogens is 430 g/mol. The molecule has 1 fully saturated rings. The summed E-state index contributed by atoms with van der Waals surface area (Å²) in [6, 6.07) is 17.4. The summed E-state index contributed by atoms with van der Waals surface area (Å²) in [4.78, 5) is 30.3. The van der Waals surface area contributed by atoms with E-state index in [0.717, 1.165) is 29.5 Å². The summed E-state index contributed by atoms with van der Waals surface area (Å²) in [6.07, 6.45) is 5.72. The van der Waals surface area contributed by atoms with Crippen LogP contribution in [0.5, 0.6) is 5.75 Å². The molecule has 2 heterocycles. The predicted octanol–water partition coefficient (Wildman–Crippen LogP) is 4.19. The smallest absolute Gasteiger partial charge is 0.404 e. The van der Waals surface area contributed by atoms with E-state index in [2.05, 4.69) is 17.1 Å². The van der Waals surface area contributed by atoms with E-state index in [-0.39, 0.29) is 24.2 Å². The summed E-state index contributed by atoms with van der Waals surface area (Å²) < 4.78 is 4.95. The Labute approximate surface area is 199 Å². The van der Waals surface area contributed by atoms with E-state index >= 15 is 0 Å². The van der Waals surface area contributed by atoms with Crippen molar-refractivity contribution in [2.75, 3.05) is 13.1 Å². The van der Waals surface area contributed by atoms with Crippen molar-refractivity contribution in [3.8, 4) is 5.75 Å². The van der Waals surface area contributed by atoms with Crippen molar-refractivity contribution in [2.24, 2.45) is 5.73 Å². The van der Waals surface area contributed by atoms with Gasteiger partial charge >= 0.3 is 6.09 Å². The molecule has 0 atom stereocenters. The van der Waals surface area contributed by atoms with Crippen LogP contribution in [-0.4, -0.2) is 40.1 Å². The summed E-state index contributed by atoms with van der Waals surface area (Å²) in [6.45, 7) is 1.16. The second-order valence-electron chi connectivity index (χ2n) is 8.59. The Kier molecular flexibility index (Phi) is 7.42. The summed E-state index contributed by atoms with van der Waals surface area (Å²) >= 11 is 0. The molecule has 7 nitrogen and oxygen atoms in total. The third-order valence-electron chi connectivity index (χ3n) is 6.32. The summed E-state index contributed by atoms with van der Waals surface area (Å²) in [5.74, 6) is 0.208. The molecular formula is C27H29N3O4. The highest BCUT2D eigenvalue weighted by Crippen LogP contribution is 2.36. The van der Waals surface area contributed by atoms with Crippen LogP contribution in [0, 0.1) is 0 Å². The van der Waals surface area contributed by atoms with E-state index in [9.17, 15) is 14.7 Å². The minimum absolute atomic E-state index is 0.0135. The van der Waals surface area contributed by atoms with Crippen molar-refractivity contribution in [1.82, 2.24) is 9.88 Å². The highest BCUT2D eigenvalue weighted by molar-refractivity contribution is 5.94. The van der Waals surface area contributed by atoms with Gasteiger partial charge in [0, 0.05) is 31.0 Å². The second-order valence-corrected chi connectivity index (χ2v) is 8.59. The van der Waals surface area contributed by atoms with Crippen LogP contribution in [0.4, 0.5) is 4.79 Å². The Hall–Kier alpha value is -3.87. The summed E-state index contributed by atoms with van der Waals surface area (Å²) in [5, 5.41) is 10.5. The number of pyridine rings is 1. The number of phenols is 1. The van der Waals surface area contributed by atoms with Crippen molar-refractivity contribution in [3.63, 3.8) is 0 Å². The molecule has 7 heteroatoms. The van der Waals surface area contributed by atoms with Gasteiger partial charge in [-0.3, -0.25) is 9.78 Å². The largest absolute Gasteiger partial charge is 0.508 e. The van der Waals surface area contributed by atoms with E-state index in [4.69, 9.17) is 10.5 Å². The average molecular weight is 460 g/mol. The zero-order valence-corrected chi connectivity index (χ0v) is 19.0. The molecule has 4 rings (SSSR count). The number of aromatic hydroxyl groups is 1. The zero-order valence-electron chi connectivity index (χ0n) is 19.0. The minimum atomic E-state index is -0.852. The van der Waals surface area contributed by atoms with Crippen LogP contribution in [0.3, 0.4) is 0 Å². The van der Waals surface area contributed by atoms with Crippen molar-refractivity contribution in [2.45, 2.75) is 38.2 Å². The molecule has 0 saturated carbocycles. The van der Waals surface area contributed by atoms with Gasteiger partial charge in [-0.2, -0.15) is 0 Å². The molecule has 0 unspecified atom stereocenters. The quantitative estimate of drug-likeness (QED) is 0.551. The number of hydrogen-bond acceptors (Lipinski definition) is 5. The number of ether oxygens (including phenoxy) is 1. The summed E-state index contributed by atoms with van der Waals surface area (Å²) in [7, 11) is 0. The maximum absolute atomic E-state index is 13.1. The Morgan fingerprint density at radius 3 is 2.47 bits per heavy atom. The van der Waals surface area contributed by atoms with Crippen molar-refractivity contribution < 1.29 is 19.4 Å². The SMILES string of the molecule is NC(=O)OCc1cccc(O)c1C1CCN(C(=O)c2cncc(CCc3ccccc3)c2)CC1. The van der Waals surface area contributed by atoms with Crippen LogP contribution in [0.1, 0.15) is 51.4 Å². The number of piperidine rings is 1. The minimum Gasteiger partial charge on any atom is -0.508 e. The summed E-state index contributed by atoms with van der Waals surface area (Å²) in [5.41, 5.74) is 9.49. The van der Waals surface area contributed by atoms with Gasteiger partial charge in [-0.05, 0) is 60.4 Å². The number of hydrogen-bond donors (Lipinski definition) is 2.